The summed E-state index contributed by atoms with van der Waals surface area (Å²) < 4.78 is 15.6. The number of aliphatic imine (C=N–C) groups is 1. The third-order valence-electron chi connectivity index (χ3n) is 5.76. The molecule has 1 fully saturated rings. The number of anilines is 1. The summed E-state index contributed by atoms with van der Waals surface area (Å²) in [6, 6.07) is 12.5. The number of benzene rings is 1. The molecular formula is C25H26FN7. The van der Waals surface area contributed by atoms with Crippen molar-refractivity contribution in [1.29, 1.82) is 0 Å². The maximum atomic E-state index is 13.6. The molecule has 5 rings (SSSR count). The van der Waals surface area contributed by atoms with Crippen LogP contribution in [0.4, 0.5) is 16.0 Å². The van der Waals surface area contributed by atoms with Crippen molar-refractivity contribution in [3.8, 4) is 22.6 Å². The van der Waals surface area contributed by atoms with Crippen LogP contribution in [0.2, 0.25) is 0 Å². The van der Waals surface area contributed by atoms with E-state index in [1.807, 2.05) is 47.8 Å². The summed E-state index contributed by atoms with van der Waals surface area (Å²) in [4.78, 5) is 20.7. The summed E-state index contributed by atoms with van der Waals surface area (Å²) >= 11 is 0. The SMILES string of the molecule is CN(C)C=Nc1cccn2c(-c3ccnc(NC4CCCC4)n3)c(-c3ccc(F)cc3)nc12. The van der Waals surface area contributed by atoms with Crippen LogP contribution in [0.15, 0.2) is 59.9 Å². The molecule has 0 unspecified atom stereocenters. The molecule has 8 heteroatoms. The van der Waals surface area contributed by atoms with E-state index < -0.39 is 0 Å². The fraction of sp³-hybridized carbons (Fsp3) is 0.280. The van der Waals surface area contributed by atoms with E-state index in [4.69, 9.17) is 9.97 Å². The highest BCUT2D eigenvalue weighted by Crippen LogP contribution is 2.35. The topological polar surface area (TPSA) is 70.7 Å². The third-order valence-corrected chi connectivity index (χ3v) is 5.76. The van der Waals surface area contributed by atoms with E-state index >= 15 is 0 Å². The maximum Gasteiger partial charge on any atom is 0.223 e. The average Bonchev–Trinajstić information content (AvgIpc) is 3.46. The minimum atomic E-state index is -0.287. The highest BCUT2D eigenvalue weighted by Gasteiger charge is 2.21. The summed E-state index contributed by atoms with van der Waals surface area (Å²) in [5.41, 5.74) is 4.52. The first-order chi connectivity index (χ1) is 16.1. The lowest BCUT2D eigenvalue weighted by Gasteiger charge is -2.12. The van der Waals surface area contributed by atoms with Gasteiger partial charge in [0.2, 0.25) is 5.95 Å². The number of aromatic nitrogens is 4. The Kier molecular flexibility index (Phi) is 5.73. The minimum Gasteiger partial charge on any atom is -0.369 e. The van der Waals surface area contributed by atoms with E-state index in [1.165, 1.54) is 25.0 Å². The van der Waals surface area contributed by atoms with Gasteiger partial charge in [-0.1, -0.05) is 12.8 Å². The first-order valence-corrected chi connectivity index (χ1v) is 11.2. The van der Waals surface area contributed by atoms with Crippen LogP contribution in [0, 0.1) is 5.82 Å². The standard InChI is InChI=1S/C25H26FN7/c1-32(2)16-28-21-8-5-15-33-23(22(31-24(21)33)17-9-11-18(26)12-10-17)20-13-14-27-25(30-20)29-19-6-3-4-7-19/h5,8-16,19H,3-4,6-7H2,1-2H3,(H,27,29,30). The van der Waals surface area contributed by atoms with Crippen molar-refractivity contribution in [2.45, 2.75) is 31.7 Å². The molecule has 0 saturated heterocycles. The van der Waals surface area contributed by atoms with E-state index in [9.17, 15) is 4.39 Å². The van der Waals surface area contributed by atoms with E-state index in [0.29, 0.717) is 23.3 Å². The second-order valence-corrected chi connectivity index (χ2v) is 8.50. The number of pyridine rings is 1. The van der Waals surface area contributed by atoms with Gasteiger partial charge in [-0.2, -0.15) is 0 Å². The van der Waals surface area contributed by atoms with Gasteiger partial charge in [-0.05, 0) is 55.3 Å². The Balaban J connectivity index is 1.67. The molecule has 7 nitrogen and oxygen atoms in total. The summed E-state index contributed by atoms with van der Waals surface area (Å²) in [7, 11) is 3.84. The number of halogens is 1. The summed E-state index contributed by atoms with van der Waals surface area (Å²) in [6.45, 7) is 0. The Morgan fingerprint density at radius 1 is 1.09 bits per heavy atom. The van der Waals surface area contributed by atoms with Crippen molar-refractivity contribution in [3.63, 3.8) is 0 Å². The molecule has 1 N–H and O–H groups in total. The predicted octanol–water partition coefficient (Wildman–Crippen LogP) is 5.17. The molecule has 168 valence electrons. The smallest absolute Gasteiger partial charge is 0.223 e. The van der Waals surface area contributed by atoms with Gasteiger partial charge in [-0.15, -0.1) is 0 Å². The Morgan fingerprint density at radius 3 is 2.64 bits per heavy atom. The number of nitrogens with zero attached hydrogens (tertiary/aromatic N) is 6. The van der Waals surface area contributed by atoms with Gasteiger partial charge in [0.05, 0.1) is 23.4 Å². The van der Waals surface area contributed by atoms with Crippen LogP contribution in [-0.4, -0.2) is 50.7 Å². The van der Waals surface area contributed by atoms with E-state index in [1.54, 1.807) is 24.7 Å². The van der Waals surface area contributed by atoms with Gasteiger partial charge < -0.3 is 10.2 Å². The fourth-order valence-corrected chi connectivity index (χ4v) is 4.20. The highest BCUT2D eigenvalue weighted by atomic mass is 19.1. The fourth-order valence-electron chi connectivity index (χ4n) is 4.20. The van der Waals surface area contributed by atoms with Crippen LogP contribution >= 0.6 is 0 Å². The number of imidazole rings is 1. The number of nitrogens with one attached hydrogen (secondary N) is 1. The predicted molar refractivity (Wildman–Crippen MR) is 129 cm³/mol. The molecule has 1 aromatic carbocycles. The van der Waals surface area contributed by atoms with Crippen molar-refractivity contribution in [3.05, 3.63) is 60.7 Å². The summed E-state index contributed by atoms with van der Waals surface area (Å²) in [6.07, 6.45) is 10.2. The molecule has 1 aliphatic rings. The first kappa shape index (κ1) is 21.1. The van der Waals surface area contributed by atoms with Gasteiger partial charge in [0.25, 0.3) is 0 Å². The van der Waals surface area contributed by atoms with Crippen molar-refractivity contribution in [2.75, 3.05) is 19.4 Å². The van der Waals surface area contributed by atoms with Gasteiger partial charge in [0.15, 0.2) is 5.65 Å². The van der Waals surface area contributed by atoms with E-state index in [2.05, 4.69) is 15.3 Å². The Hall–Kier alpha value is -3.81. The van der Waals surface area contributed by atoms with Crippen molar-refractivity contribution in [1.82, 2.24) is 24.3 Å². The van der Waals surface area contributed by atoms with Gasteiger partial charge in [0.1, 0.15) is 11.5 Å². The molecule has 0 spiro atoms. The van der Waals surface area contributed by atoms with Crippen LogP contribution in [0.3, 0.4) is 0 Å². The molecule has 0 aliphatic heterocycles. The molecule has 0 bridgehead atoms. The zero-order valence-electron chi connectivity index (χ0n) is 18.7. The second-order valence-electron chi connectivity index (χ2n) is 8.50. The van der Waals surface area contributed by atoms with Gasteiger partial charge in [-0.25, -0.2) is 24.3 Å². The molecule has 33 heavy (non-hydrogen) atoms. The third kappa shape index (κ3) is 4.41. The number of fused-ring (bicyclic) bond motifs is 1. The Labute approximate surface area is 192 Å². The molecule has 0 atom stereocenters. The van der Waals surface area contributed by atoms with Gasteiger partial charge in [0, 0.05) is 38.1 Å². The number of hydrogen-bond acceptors (Lipinski definition) is 5. The monoisotopic (exact) mass is 443 g/mol. The molecule has 4 aromatic rings. The average molecular weight is 444 g/mol. The largest absolute Gasteiger partial charge is 0.369 e. The Morgan fingerprint density at radius 2 is 1.88 bits per heavy atom. The lowest BCUT2D eigenvalue weighted by molar-refractivity contribution is 0.628. The summed E-state index contributed by atoms with van der Waals surface area (Å²) in [5, 5.41) is 3.47. The normalized spacial score (nSPS) is 14.4. The van der Waals surface area contributed by atoms with Crippen molar-refractivity contribution >= 4 is 23.6 Å². The van der Waals surface area contributed by atoms with E-state index in [-0.39, 0.29) is 5.82 Å². The number of rotatable bonds is 6. The van der Waals surface area contributed by atoms with Crippen LogP contribution < -0.4 is 5.32 Å². The zero-order valence-corrected chi connectivity index (χ0v) is 18.7. The highest BCUT2D eigenvalue weighted by molar-refractivity contribution is 5.84. The first-order valence-electron chi connectivity index (χ1n) is 11.2. The minimum absolute atomic E-state index is 0.287. The molecule has 0 amide bonds. The quantitative estimate of drug-likeness (QED) is 0.329. The van der Waals surface area contributed by atoms with Gasteiger partial charge >= 0.3 is 0 Å². The molecular weight excluding hydrogens is 417 g/mol. The van der Waals surface area contributed by atoms with Crippen LogP contribution in [-0.2, 0) is 0 Å². The molecule has 3 heterocycles. The van der Waals surface area contributed by atoms with Crippen molar-refractivity contribution < 1.29 is 4.39 Å². The van der Waals surface area contributed by atoms with Crippen LogP contribution in [0.25, 0.3) is 28.3 Å². The molecule has 1 saturated carbocycles. The molecule has 0 radical (unpaired) electrons. The van der Waals surface area contributed by atoms with E-state index in [0.717, 1.165) is 35.5 Å². The zero-order chi connectivity index (χ0) is 22.8. The van der Waals surface area contributed by atoms with Crippen LogP contribution in [0.1, 0.15) is 25.7 Å². The van der Waals surface area contributed by atoms with Gasteiger partial charge in [-0.3, -0.25) is 4.40 Å². The van der Waals surface area contributed by atoms with Crippen LogP contribution in [0.5, 0.6) is 0 Å². The summed E-state index contributed by atoms with van der Waals surface area (Å²) in [5.74, 6) is 0.326. The lowest BCUT2D eigenvalue weighted by atomic mass is 10.1. The Bertz CT molecular complexity index is 1290. The second kappa shape index (κ2) is 8.97. The molecule has 3 aromatic heterocycles. The maximum absolute atomic E-state index is 13.6. The number of hydrogen-bond donors (Lipinski definition) is 1. The lowest BCUT2D eigenvalue weighted by Crippen LogP contribution is -2.16. The molecule has 1 aliphatic carbocycles. The van der Waals surface area contributed by atoms with Crippen molar-refractivity contribution in [2.24, 2.45) is 4.99 Å².